The molecule has 0 spiro atoms. The Bertz CT molecular complexity index is 1240. The second kappa shape index (κ2) is 9.78. The summed E-state index contributed by atoms with van der Waals surface area (Å²) < 4.78 is 21.5. The first-order chi connectivity index (χ1) is 15.1. The predicted octanol–water partition coefficient (Wildman–Crippen LogP) is 2.72. The first-order valence-corrected chi connectivity index (χ1v) is 11.3. The van der Waals surface area contributed by atoms with Gasteiger partial charge in [-0.1, -0.05) is 30.3 Å². The van der Waals surface area contributed by atoms with Crippen LogP contribution in [0.25, 0.3) is 11.0 Å². The zero-order valence-corrected chi connectivity index (χ0v) is 17.9. The topological polar surface area (TPSA) is 155 Å². The summed E-state index contributed by atoms with van der Waals surface area (Å²) in [5, 5.41) is 5.33. The molecule has 0 aliphatic heterocycles. The van der Waals surface area contributed by atoms with E-state index < -0.39 is 37.4 Å². The molecular weight excluding hydrogens is 439 g/mol. The van der Waals surface area contributed by atoms with E-state index in [1.54, 1.807) is 12.1 Å². The van der Waals surface area contributed by atoms with Crippen molar-refractivity contribution in [3.05, 3.63) is 76.1 Å². The van der Waals surface area contributed by atoms with Crippen LogP contribution in [0.2, 0.25) is 0 Å². The SMILES string of the molecule is C[C@H](NC(=O)OCc1ccccc1)C(=O)Nc1ccc2c(CP(=O)(O)O)cc(=O)oc2c1. The minimum absolute atomic E-state index is 0.0571. The number of carbonyl (C=O) groups is 2. The Morgan fingerprint density at radius 2 is 1.84 bits per heavy atom. The van der Waals surface area contributed by atoms with Crippen LogP contribution in [0.5, 0.6) is 0 Å². The molecule has 0 saturated carbocycles. The molecule has 1 atom stereocenters. The number of nitrogens with one attached hydrogen (secondary N) is 2. The van der Waals surface area contributed by atoms with Gasteiger partial charge in [-0.3, -0.25) is 9.36 Å². The molecule has 0 unspecified atom stereocenters. The van der Waals surface area contributed by atoms with Crippen molar-refractivity contribution in [3.63, 3.8) is 0 Å². The monoisotopic (exact) mass is 460 g/mol. The summed E-state index contributed by atoms with van der Waals surface area (Å²) in [6.45, 7) is 1.53. The molecule has 0 radical (unpaired) electrons. The van der Waals surface area contributed by atoms with Gasteiger partial charge in [0.2, 0.25) is 5.91 Å². The Morgan fingerprint density at radius 3 is 2.53 bits per heavy atom. The molecule has 4 N–H and O–H groups in total. The van der Waals surface area contributed by atoms with Crippen LogP contribution in [-0.4, -0.2) is 27.8 Å². The van der Waals surface area contributed by atoms with Gasteiger partial charge in [0.1, 0.15) is 18.2 Å². The Morgan fingerprint density at radius 1 is 1.12 bits per heavy atom. The summed E-state index contributed by atoms with van der Waals surface area (Å²) in [4.78, 5) is 54.5. The van der Waals surface area contributed by atoms with Gasteiger partial charge in [-0.25, -0.2) is 9.59 Å². The Kier molecular flexibility index (Phi) is 7.09. The molecule has 0 aliphatic carbocycles. The zero-order valence-electron chi connectivity index (χ0n) is 17.0. The fourth-order valence-corrected chi connectivity index (χ4v) is 3.62. The molecule has 0 aliphatic rings. The lowest BCUT2D eigenvalue weighted by Gasteiger charge is -2.15. The molecule has 3 rings (SSSR count). The van der Waals surface area contributed by atoms with Crippen molar-refractivity contribution >= 4 is 36.3 Å². The fourth-order valence-electron chi connectivity index (χ4n) is 2.92. The van der Waals surface area contributed by atoms with E-state index in [1.807, 2.05) is 18.2 Å². The van der Waals surface area contributed by atoms with Crippen molar-refractivity contribution in [3.8, 4) is 0 Å². The largest absolute Gasteiger partial charge is 0.445 e. The number of anilines is 1. The molecule has 32 heavy (non-hydrogen) atoms. The summed E-state index contributed by atoms with van der Waals surface area (Å²) in [7, 11) is -4.40. The minimum Gasteiger partial charge on any atom is -0.445 e. The van der Waals surface area contributed by atoms with Gasteiger partial charge in [0.25, 0.3) is 0 Å². The maximum absolute atomic E-state index is 12.4. The average molecular weight is 460 g/mol. The number of benzene rings is 2. The van der Waals surface area contributed by atoms with Gasteiger partial charge >= 0.3 is 19.3 Å². The number of hydrogen-bond acceptors (Lipinski definition) is 6. The highest BCUT2D eigenvalue weighted by molar-refractivity contribution is 7.50. The van der Waals surface area contributed by atoms with Crippen LogP contribution in [0.3, 0.4) is 0 Å². The quantitative estimate of drug-likeness (QED) is 0.310. The van der Waals surface area contributed by atoms with E-state index in [-0.39, 0.29) is 23.4 Å². The fraction of sp³-hybridized carbons (Fsp3) is 0.190. The van der Waals surface area contributed by atoms with E-state index in [0.717, 1.165) is 11.6 Å². The number of fused-ring (bicyclic) bond motifs is 1. The molecule has 11 heteroatoms. The second-order valence-corrected chi connectivity index (χ2v) is 8.69. The van der Waals surface area contributed by atoms with Crippen molar-refractivity contribution in [1.29, 1.82) is 0 Å². The molecule has 1 aromatic heterocycles. The molecule has 2 aromatic carbocycles. The standard InChI is InChI=1S/C21H21N2O8P/c1-13(22-21(26)30-11-14-5-3-2-4-6-14)20(25)23-16-7-8-17-15(12-32(27,28)29)9-19(24)31-18(17)10-16/h2-10,13H,11-12H2,1H3,(H,22,26)(H,23,25)(H2,27,28,29)/t13-/m0/s1. The third kappa shape index (κ3) is 6.52. The molecule has 2 amide bonds. The van der Waals surface area contributed by atoms with Crippen molar-refractivity contribution in [1.82, 2.24) is 5.32 Å². The van der Waals surface area contributed by atoms with Crippen LogP contribution < -0.4 is 16.3 Å². The molecule has 10 nitrogen and oxygen atoms in total. The molecule has 0 fully saturated rings. The molecule has 1 heterocycles. The highest BCUT2D eigenvalue weighted by Gasteiger charge is 2.19. The van der Waals surface area contributed by atoms with E-state index >= 15 is 0 Å². The molecule has 0 bridgehead atoms. The minimum atomic E-state index is -4.40. The van der Waals surface area contributed by atoms with Crippen LogP contribution in [0.1, 0.15) is 18.1 Å². The lowest BCUT2D eigenvalue weighted by atomic mass is 10.1. The maximum atomic E-state index is 12.4. The van der Waals surface area contributed by atoms with E-state index in [9.17, 15) is 28.7 Å². The second-order valence-electron chi connectivity index (χ2n) is 7.04. The van der Waals surface area contributed by atoms with E-state index in [4.69, 9.17) is 9.15 Å². The summed E-state index contributed by atoms with van der Waals surface area (Å²) in [5.74, 6) is -0.547. The van der Waals surface area contributed by atoms with Gasteiger partial charge in [-0.2, -0.15) is 0 Å². The average Bonchev–Trinajstić information content (AvgIpc) is 2.71. The third-order valence-corrected chi connectivity index (χ3v) is 5.17. The van der Waals surface area contributed by atoms with Gasteiger partial charge in [-0.05, 0) is 30.2 Å². The first-order valence-electron chi connectivity index (χ1n) is 9.50. The van der Waals surface area contributed by atoms with Gasteiger partial charge < -0.3 is 29.6 Å². The van der Waals surface area contributed by atoms with Gasteiger partial charge in [0, 0.05) is 23.2 Å². The molecule has 0 saturated heterocycles. The van der Waals surface area contributed by atoms with Crippen molar-refractivity contribution < 1.29 is 33.1 Å². The Labute approximate surface area is 182 Å². The summed E-state index contributed by atoms with van der Waals surface area (Å²) in [6, 6.07) is 13.5. The van der Waals surface area contributed by atoms with Crippen molar-refractivity contribution in [2.45, 2.75) is 25.7 Å². The van der Waals surface area contributed by atoms with Crippen LogP contribution in [0.15, 0.2) is 63.8 Å². The summed E-state index contributed by atoms with van der Waals surface area (Å²) in [5.41, 5.74) is 0.488. The number of rotatable bonds is 7. The molecule has 3 aromatic rings. The first kappa shape index (κ1) is 23.2. The maximum Gasteiger partial charge on any atom is 0.408 e. The third-order valence-electron chi connectivity index (χ3n) is 4.41. The number of carbonyl (C=O) groups excluding carboxylic acids is 2. The van der Waals surface area contributed by atoms with Crippen molar-refractivity contribution in [2.75, 3.05) is 5.32 Å². The number of alkyl carbamates (subject to hydrolysis) is 1. The normalized spacial score (nSPS) is 12.2. The van der Waals surface area contributed by atoms with E-state index in [2.05, 4.69) is 10.6 Å². The van der Waals surface area contributed by atoms with Crippen LogP contribution in [-0.2, 0) is 26.9 Å². The lowest BCUT2D eigenvalue weighted by Crippen LogP contribution is -2.41. The zero-order chi connectivity index (χ0) is 23.3. The Balaban J connectivity index is 1.65. The Hall–Kier alpha value is -3.46. The van der Waals surface area contributed by atoms with Crippen LogP contribution in [0.4, 0.5) is 10.5 Å². The predicted molar refractivity (Wildman–Crippen MR) is 116 cm³/mol. The van der Waals surface area contributed by atoms with Crippen LogP contribution in [0, 0.1) is 0 Å². The van der Waals surface area contributed by atoms with Crippen molar-refractivity contribution in [2.24, 2.45) is 0 Å². The van der Waals surface area contributed by atoms with E-state index in [1.165, 1.54) is 25.1 Å². The van der Waals surface area contributed by atoms with Gasteiger partial charge in [0.15, 0.2) is 0 Å². The molecule has 168 valence electrons. The van der Waals surface area contributed by atoms with Gasteiger partial charge in [-0.15, -0.1) is 0 Å². The number of amides is 2. The lowest BCUT2D eigenvalue weighted by molar-refractivity contribution is -0.117. The number of ether oxygens (including phenoxy) is 1. The molecular formula is C21H21N2O8P. The van der Waals surface area contributed by atoms with Gasteiger partial charge in [0.05, 0.1) is 6.16 Å². The smallest absolute Gasteiger partial charge is 0.408 e. The van der Waals surface area contributed by atoms with Crippen LogP contribution >= 0.6 is 7.60 Å². The number of hydrogen-bond donors (Lipinski definition) is 4. The summed E-state index contributed by atoms with van der Waals surface area (Å²) >= 11 is 0. The summed E-state index contributed by atoms with van der Waals surface area (Å²) in [6.07, 6.45) is -1.38. The van der Waals surface area contributed by atoms with E-state index in [0.29, 0.717) is 5.39 Å². The highest BCUT2D eigenvalue weighted by atomic mass is 31.2. The highest BCUT2D eigenvalue weighted by Crippen LogP contribution is 2.40.